The summed E-state index contributed by atoms with van der Waals surface area (Å²) in [6.07, 6.45) is 1.63. The van der Waals surface area contributed by atoms with E-state index in [1.165, 1.54) is 0 Å². The van der Waals surface area contributed by atoms with Gasteiger partial charge in [-0.1, -0.05) is 19.9 Å². The number of hydrogen-bond acceptors (Lipinski definition) is 6. The molecule has 1 aromatic carbocycles. The average molecular weight is 483 g/mol. The molecule has 2 heterocycles. The van der Waals surface area contributed by atoms with E-state index < -0.39 is 0 Å². The minimum Gasteiger partial charge on any atom is -0.491 e. The lowest BCUT2D eigenvalue weighted by molar-refractivity contribution is -0.115. The molecule has 0 saturated heterocycles. The third kappa shape index (κ3) is 6.36. The fraction of sp³-hybridized carbons (Fsp3) is 0.462. The number of hydrogen-bond donors (Lipinski definition) is 1. The van der Waals surface area contributed by atoms with Crippen molar-refractivity contribution in [3.63, 3.8) is 0 Å². The highest BCUT2D eigenvalue weighted by molar-refractivity contribution is 5.98. The van der Waals surface area contributed by atoms with Crippen LogP contribution < -0.4 is 10.1 Å². The maximum absolute atomic E-state index is 13.4. The van der Waals surface area contributed by atoms with Gasteiger partial charge in [-0.3, -0.25) is 19.4 Å². The van der Waals surface area contributed by atoms with E-state index in [0.29, 0.717) is 42.2 Å². The van der Waals surface area contributed by atoms with Gasteiger partial charge in [0.25, 0.3) is 11.8 Å². The number of carbonyl (C=O) groups is 3. The molecule has 0 aliphatic carbocycles. The van der Waals surface area contributed by atoms with Gasteiger partial charge in [0.2, 0.25) is 5.91 Å². The molecule has 0 fully saturated rings. The monoisotopic (exact) mass is 482 g/mol. The van der Waals surface area contributed by atoms with Gasteiger partial charge >= 0.3 is 0 Å². The second kappa shape index (κ2) is 11.8. The zero-order valence-electron chi connectivity index (χ0n) is 21.0. The van der Waals surface area contributed by atoms with Crippen LogP contribution in [0.4, 0.5) is 5.69 Å². The summed E-state index contributed by atoms with van der Waals surface area (Å²) in [7, 11) is 3.32. The van der Waals surface area contributed by atoms with Crippen molar-refractivity contribution in [1.29, 1.82) is 0 Å². The highest BCUT2D eigenvalue weighted by Crippen LogP contribution is 2.27. The van der Waals surface area contributed by atoms with Crippen LogP contribution in [0.25, 0.3) is 0 Å². The van der Waals surface area contributed by atoms with E-state index in [2.05, 4.69) is 10.3 Å². The average Bonchev–Trinajstić information content (AvgIpc) is 2.87. The SMILES string of the molecule is CCC(=O)Nc1ccc2c(c1)OC[C@@H](C)N(C(=O)c1ccccn1)C[C@H](C)[C@H](OC)CN(C)C2=O. The number of rotatable bonds is 4. The normalized spacial score (nSPS) is 21.3. The topological polar surface area (TPSA) is 101 Å². The van der Waals surface area contributed by atoms with Crippen LogP contribution in [-0.2, 0) is 9.53 Å². The van der Waals surface area contributed by atoms with Gasteiger partial charge in [-0.05, 0) is 31.2 Å². The lowest BCUT2D eigenvalue weighted by atomic mass is 10.0. The molecule has 1 aliphatic rings. The Bertz CT molecular complexity index is 1050. The standard InChI is InChI=1S/C26H34N4O5/c1-6-24(31)28-19-10-11-20-22(13-19)35-16-18(3)30(26(33)21-9-7-8-12-27-21)14-17(2)23(34-5)15-29(4)25(20)32/h7-13,17-18,23H,6,14-16H2,1-5H3,(H,28,31)/t17-,18+,23+/m0/s1. The van der Waals surface area contributed by atoms with Crippen molar-refractivity contribution in [3.05, 3.63) is 53.9 Å². The Hall–Kier alpha value is -3.46. The molecule has 2 aromatic rings. The van der Waals surface area contributed by atoms with Gasteiger partial charge in [0, 0.05) is 57.5 Å². The summed E-state index contributed by atoms with van der Waals surface area (Å²) >= 11 is 0. The van der Waals surface area contributed by atoms with E-state index in [9.17, 15) is 14.4 Å². The molecule has 0 spiro atoms. The molecule has 0 radical (unpaired) electrons. The number of fused-ring (bicyclic) bond motifs is 1. The van der Waals surface area contributed by atoms with E-state index in [0.717, 1.165) is 0 Å². The van der Waals surface area contributed by atoms with E-state index in [1.54, 1.807) is 73.5 Å². The maximum atomic E-state index is 13.4. The predicted molar refractivity (Wildman–Crippen MR) is 133 cm³/mol. The highest BCUT2D eigenvalue weighted by Gasteiger charge is 2.31. The number of benzene rings is 1. The van der Waals surface area contributed by atoms with Crippen LogP contribution in [0.1, 0.15) is 48.0 Å². The van der Waals surface area contributed by atoms with Crippen molar-refractivity contribution in [2.45, 2.75) is 39.3 Å². The summed E-state index contributed by atoms with van der Waals surface area (Å²) in [6, 6.07) is 9.90. The van der Waals surface area contributed by atoms with Gasteiger partial charge in [0.15, 0.2) is 0 Å². The van der Waals surface area contributed by atoms with E-state index in [1.807, 2.05) is 13.8 Å². The third-order valence-corrected chi connectivity index (χ3v) is 6.20. The van der Waals surface area contributed by atoms with Crippen LogP contribution in [0.15, 0.2) is 42.6 Å². The van der Waals surface area contributed by atoms with Crippen molar-refractivity contribution in [1.82, 2.24) is 14.8 Å². The number of aromatic nitrogens is 1. The number of likely N-dealkylation sites (N-methyl/N-ethyl adjacent to an activating group) is 1. The predicted octanol–water partition coefficient (Wildman–Crippen LogP) is 3.08. The number of anilines is 1. The van der Waals surface area contributed by atoms with Crippen molar-refractivity contribution in [2.75, 3.05) is 39.2 Å². The molecule has 0 bridgehead atoms. The zero-order chi connectivity index (χ0) is 25.5. The van der Waals surface area contributed by atoms with Crippen LogP contribution >= 0.6 is 0 Å². The largest absolute Gasteiger partial charge is 0.491 e. The van der Waals surface area contributed by atoms with Gasteiger partial charge < -0.3 is 24.6 Å². The molecule has 1 N–H and O–H groups in total. The van der Waals surface area contributed by atoms with Crippen molar-refractivity contribution in [2.24, 2.45) is 5.92 Å². The Morgan fingerprint density at radius 1 is 1.20 bits per heavy atom. The second-order valence-corrected chi connectivity index (χ2v) is 8.88. The molecule has 35 heavy (non-hydrogen) atoms. The molecule has 9 nitrogen and oxygen atoms in total. The smallest absolute Gasteiger partial charge is 0.272 e. The van der Waals surface area contributed by atoms with Crippen LogP contribution in [0.2, 0.25) is 0 Å². The Morgan fingerprint density at radius 3 is 2.63 bits per heavy atom. The van der Waals surface area contributed by atoms with Crippen molar-refractivity contribution in [3.8, 4) is 5.75 Å². The molecule has 9 heteroatoms. The maximum Gasteiger partial charge on any atom is 0.272 e. The Kier molecular flexibility index (Phi) is 8.81. The van der Waals surface area contributed by atoms with Crippen LogP contribution in [0.3, 0.4) is 0 Å². The first-order valence-electron chi connectivity index (χ1n) is 11.8. The minimum absolute atomic E-state index is 0.0594. The third-order valence-electron chi connectivity index (χ3n) is 6.20. The minimum atomic E-state index is -0.321. The molecular formula is C26H34N4O5. The Morgan fingerprint density at radius 2 is 1.97 bits per heavy atom. The molecule has 0 saturated carbocycles. The number of methoxy groups -OCH3 is 1. The molecule has 188 valence electrons. The number of amides is 3. The number of nitrogens with one attached hydrogen (secondary N) is 1. The van der Waals surface area contributed by atoms with Gasteiger partial charge in [0.1, 0.15) is 18.1 Å². The van der Waals surface area contributed by atoms with E-state index in [4.69, 9.17) is 9.47 Å². The number of nitrogens with zero attached hydrogens (tertiary/aromatic N) is 3. The molecule has 3 amide bonds. The summed E-state index contributed by atoms with van der Waals surface area (Å²) in [4.78, 5) is 46.1. The summed E-state index contributed by atoms with van der Waals surface area (Å²) in [5.74, 6) is -0.267. The molecular weight excluding hydrogens is 448 g/mol. The van der Waals surface area contributed by atoms with Crippen LogP contribution in [-0.4, -0.2) is 78.5 Å². The number of pyridine rings is 1. The first-order chi connectivity index (χ1) is 16.7. The Labute approximate surface area is 206 Å². The molecule has 3 atom stereocenters. The van der Waals surface area contributed by atoms with Crippen LogP contribution in [0.5, 0.6) is 5.75 Å². The highest BCUT2D eigenvalue weighted by atomic mass is 16.5. The molecule has 1 aromatic heterocycles. The summed E-state index contributed by atoms with van der Waals surface area (Å²) in [5.41, 5.74) is 1.26. The summed E-state index contributed by atoms with van der Waals surface area (Å²) in [6.45, 7) is 6.56. The van der Waals surface area contributed by atoms with Gasteiger partial charge in [-0.2, -0.15) is 0 Å². The second-order valence-electron chi connectivity index (χ2n) is 8.88. The Balaban J connectivity index is 1.99. The number of ether oxygens (including phenoxy) is 2. The van der Waals surface area contributed by atoms with Crippen molar-refractivity contribution >= 4 is 23.4 Å². The van der Waals surface area contributed by atoms with Crippen LogP contribution in [0, 0.1) is 5.92 Å². The van der Waals surface area contributed by atoms with E-state index >= 15 is 0 Å². The molecule has 0 unspecified atom stereocenters. The van der Waals surface area contributed by atoms with Gasteiger partial charge in [-0.15, -0.1) is 0 Å². The van der Waals surface area contributed by atoms with Gasteiger partial charge in [-0.25, -0.2) is 0 Å². The van der Waals surface area contributed by atoms with Crippen molar-refractivity contribution < 1.29 is 23.9 Å². The lowest BCUT2D eigenvalue weighted by Gasteiger charge is -2.36. The number of carbonyl (C=O) groups excluding carboxylic acids is 3. The fourth-order valence-electron chi connectivity index (χ4n) is 4.02. The lowest BCUT2D eigenvalue weighted by Crippen LogP contribution is -2.48. The van der Waals surface area contributed by atoms with Gasteiger partial charge in [0.05, 0.1) is 17.7 Å². The molecule has 3 rings (SSSR count). The quantitative estimate of drug-likeness (QED) is 0.719. The first-order valence-corrected chi connectivity index (χ1v) is 11.8. The first kappa shape index (κ1) is 26.2. The summed E-state index contributed by atoms with van der Waals surface area (Å²) < 4.78 is 11.8. The zero-order valence-corrected chi connectivity index (χ0v) is 21.0. The van der Waals surface area contributed by atoms with E-state index in [-0.39, 0.29) is 42.4 Å². The summed E-state index contributed by atoms with van der Waals surface area (Å²) in [5, 5.41) is 2.80. The molecule has 1 aliphatic heterocycles. The fourth-order valence-corrected chi connectivity index (χ4v) is 4.02.